The quantitative estimate of drug-likeness (QED) is 0.412. The van der Waals surface area contributed by atoms with Crippen LogP contribution in [0.2, 0.25) is 5.02 Å². The first-order valence-corrected chi connectivity index (χ1v) is 11.5. The first-order valence-electron chi connectivity index (χ1n) is 11.1. The third-order valence-electron chi connectivity index (χ3n) is 5.69. The second-order valence-electron chi connectivity index (χ2n) is 7.86. The second-order valence-corrected chi connectivity index (χ2v) is 8.30. The average Bonchev–Trinajstić information content (AvgIpc) is 3.02. The van der Waals surface area contributed by atoms with E-state index >= 15 is 0 Å². The van der Waals surface area contributed by atoms with Crippen LogP contribution in [-0.2, 0) is 14.3 Å². The maximum atomic E-state index is 13.3. The number of piperazine rings is 1. The fraction of sp³-hybridized carbons (Fsp3) is 0.565. The van der Waals surface area contributed by atoms with Crippen molar-refractivity contribution in [3.8, 4) is 0 Å². The van der Waals surface area contributed by atoms with Crippen molar-refractivity contribution >= 4 is 29.0 Å². The van der Waals surface area contributed by atoms with Crippen molar-refractivity contribution in [1.29, 1.82) is 0 Å². The van der Waals surface area contributed by atoms with Crippen LogP contribution in [0.5, 0.6) is 0 Å². The minimum Gasteiger partial charge on any atom is -0.395 e. The van der Waals surface area contributed by atoms with E-state index in [2.05, 4.69) is 11.8 Å². The van der Waals surface area contributed by atoms with Crippen LogP contribution in [0.4, 0.5) is 0 Å². The molecule has 7 nitrogen and oxygen atoms in total. The van der Waals surface area contributed by atoms with E-state index < -0.39 is 0 Å². The highest BCUT2D eigenvalue weighted by molar-refractivity contribution is 6.36. The normalized spacial score (nSPS) is 17.9. The van der Waals surface area contributed by atoms with Crippen LogP contribution in [0.15, 0.2) is 30.0 Å². The largest absolute Gasteiger partial charge is 0.395 e. The Bertz CT molecular complexity index is 789. The molecule has 170 valence electrons. The lowest BCUT2D eigenvalue weighted by Crippen LogP contribution is -2.48. The fourth-order valence-electron chi connectivity index (χ4n) is 3.95. The number of carbonyl (C=O) groups is 2. The van der Waals surface area contributed by atoms with Gasteiger partial charge in [-0.15, -0.1) is 0 Å². The number of amides is 2. The number of unbranched alkanes of at least 4 members (excludes halogenated alkanes) is 1. The molecule has 3 rings (SSSR count). The molecule has 0 aromatic heterocycles. The third kappa shape index (κ3) is 5.86. The smallest absolute Gasteiger partial charge is 0.277 e. The molecule has 0 spiro atoms. The molecule has 2 amide bonds. The molecule has 1 aromatic rings. The molecule has 0 aliphatic carbocycles. The Kier molecular flexibility index (Phi) is 8.90. The van der Waals surface area contributed by atoms with E-state index in [1.54, 1.807) is 24.3 Å². The van der Waals surface area contributed by atoms with Gasteiger partial charge in [0.2, 0.25) is 0 Å². The van der Waals surface area contributed by atoms with Crippen LogP contribution in [0.25, 0.3) is 5.57 Å². The SMILES string of the molecule is CCCCOCCCN1C(=O)C(c2ccc(Cl)cc2)=C(N2CCN(CCO)CC2)C1=O. The molecule has 2 heterocycles. The summed E-state index contributed by atoms with van der Waals surface area (Å²) in [6.45, 7) is 7.18. The number of β-amino-alcohol motifs (C(OH)–C–C–N with tert-alkyl or cyclic N) is 1. The number of halogens is 1. The van der Waals surface area contributed by atoms with E-state index in [0.717, 1.165) is 25.9 Å². The predicted molar refractivity (Wildman–Crippen MR) is 121 cm³/mol. The summed E-state index contributed by atoms with van der Waals surface area (Å²) in [7, 11) is 0. The number of benzene rings is 1. The number of hydrogen-bond acceptors (Lipinski definition) is 6. The van der Waals surface area contributed by atoms with Crippen molar-refractivity contribution in [1.82, 2.24) is 14.7 Å². The van der Waals surface area contributed by atoms with Gasteiger partial charge in [-0.2, -0.15) is 0 Å². The van der Waals surface area contributed by atoms with Gasteiger partial charge in [0.1, 0.15) is 5.70 Å². The molecule has 31 heavy (non-hydrogen) atoms. The van der Waals surface area contributed by atoms with Crippen molar-refractivity contribution in [2.24, 2.45) is 0 Å². The van der Waals surface area contributed by atoms with Crippen LogP contribution in [0.1, 0.15) is 31.7 Å². The Balaban J connectivity index is 1.76. The summed E-state index contributed by atoms with van der Waals surface area (Å²) < 4.78 is 5.59. The van der Waals surface area contributed by atoms with Gasteiger partial charge in [-0.1, -0.05) is 37.1 Å². The molecule has 0 bridgehead atoms. The van der Waals surface area contributed by atoms with Gasteiger partial charge < -0.3 is 14.7 Å². The number of rotatable bonds is 11. The maximum absolute atomic E-state index is 13.3. The first-order chi connectivity index (χ1) is 15.1. The van der Waals surface area contributed by atoms with E-state index in [4.69, 9.17) is 16.3 Å². The number of imide groups is 1. The zero-order valence-electron chi connectivity index (χ0n) is 18.2. The topological polar surface area (TPSA) is 73.3 Å². The zero-order valence-corrected chi connectivity index (χ0v) is 18.9. The molecule has 0 radical (unpaired) electrons. The lowest BCUT2D eigenvalue weighted by atomic mass is 10.0. The van der Waals surface area contributed by atoms with Gasteiger partial charge >= 0.3 is 0 Å². The molecule has 0 unspecified atom stereocenters. The number of nitrogens with zero attached hydrogens (tertiary/aromatic N) is 3. The predicted octanol–water partition coefficient (Wildman–Crippen LogP) is 2.24. The van der Waals surface area contributed by atoms with Gasteiger partial charge in [0.25, 0.3) is 11.8 Å². The molecule has 0 saturated carbocycles. The minimum atomic E-state index is -0.256. The molecule has 1 N–H and O–H groups in total. The van der Waals surface area contributed by atoms with E-state index in [9.17, 15) is 14.7 Å². The summed E-state index contributed by atoms with van der Waals surface area (Å²) >= 11 is 6.03. The molecule has 8 heteroatoms. The zero-order chi connectivity index (χ0) is 22.2. The number of aliphatic hydroxyl groups is 1. The standard InChI is InChI=1S/C23H32ClN3O4/c1-2-3-16-31-17-4-9-27-22(29)20(18-5-7-19(24)8-6-18)21(23(27)30)26-12-10-25(11-13-26)14-15-28/h5-8,28H,2-4,9-17H2,1H3. The average molecular weight is 450 g/mol. The molecule has 0 atom stereocenters. The summed E-state index contributed by atoms with van der Waals surface area (Å²) in [4.78, 5) is 32.1. The highest BCUT2D eigenvalue weighted by Gasteiger charge is 2.41. The summed E-state index contributed by atoms with van der Waals surface area (Å²) in [6, 6.07) is 7.07. The first kappa shape index (κ1) is 23.7. The maximum Gasteiger partial charge on any atom is 0.277 e. The van der Waals surface area contributed by atoms with Gasteiger partial charge in [-0.05, 0) is 30.5 Å². The Hall–Kier alpha value is -1.93. The Morgan fingerprint density at radius 3 is 2.29 bits per heavy atom. The lowest BCUT2D eigenvalue weighted by molar-refractivity contribution is -0.137. The van der Waals surface area contributed by atoms with Crippen LogP contribution >= 0.6 is 11.6 Å². The molecule has 2 aliphatic heterocycles. The summed E-state index contributed by atoms with van der Waals surface area (Å²) in [5.74, 6) is -0.493. The van der Waals surface area contributed by atoms with Crippen LogP contribution in [-0.4, -0.2) is 90.7 Å². The van der Waals surface area contributed by atoms with E-state index in [1.807, 2.05) is 4.90 Å². The van der Waals surface area contributed by atoms with Gasteiger partial charge in [0.05, 0.1) is 12.2 Å². The summed E-state index contributed by atoms with van der Waals surface area (Å²) in [5, 5.41) is 9.76. The van der Waals surface area contributed by atoms with Crippen LogP contribution in [0, 0.1) is 0 Å². The Labute approximate surface area is 189 Å². The van der Waals surface area contributed by atoms with Gasteiger partial charge in [-0.3, -0.25) is 19.4 Å². The highest BCUT2D eigenvalue weighted by atomic mass is 35.5. The second kappa shape index (κ2) is 11.6. The minimum absolute atomic E-state index is 0.115. The number of aliphatic hydroxyl groups excluding tert-OH is 1. The van der Waals surface area contributed by atoms with Gasteiger partial charge in [-0.25, -0.2) is 0 Å². The van der Waals surface area contributed by atoms with Crippen molar-refractivity contribution in [2.45, 2.75) is 26.2 Å². The molecular weight excluding hydrogens is 418 g/mol. The molecule has 2 aliphatic rings. The lowest BCUT2D eigenvalue weighted by Gasteiger charge is -2.36. The molecule has 1 fully saturated rings. The Morgan fingerprint density at radius 1 is 0.968 bits per heavy atom. The van der Waals surface area contributed by atoms with Gasteiger partial charge in [0.15, 0.2) is 0 Å². The summed E-state index contributed by atoms with van der Waals surface area (Å²) in [6.07, 6.45) is 2.70. The van der Waals surface area contributed by atoms with Crippen LogP contribution < -0.4 is 0 Å². The number of hydrogen-bond donors (Lipinski definition) is 1. The van der Waals surface area contributed by atoms with E-state index in [0.29, 0.717) is 67.7 Å². The molecule has 1 aromatic carbocycles. The third-order valence-corrected chi connectivity index (χ3v) is 5.95. The van der Waals surface area contributed by atoms with Gasteiger partial charge in [0, 0.05) is 57.5 Å². The fourth-order valence-corrected chi connectivity index (χ4v) is 4.07. The van der Waals surface area contributed by atoms with Crippen molar-refractivity contribution in [2.75, 3.05) is 59.1 Å². The van der Waals surface area contributed by atoms with E-state index in [-0.39, 0.29) is 18.4 Å². The highest BCUT2D eigenvalue weighted by Crippen LogP contribution is 2.32. The number of ether oxygens (including phenoxy) is 1. The van der Waals surface area contributed by atoms with Crippen molar-refractivity contribution in [3.05, 3.63) is 40.5 Å². The van der Waals surface area contributed by atoms with Crippen molar-refractivity contribution in [3.63, 3.8) is 0 Å². The molecule has 1 saturated heterocycles. The Morgan fingerprint density at radius 2 is 1.65 bits per heavy atom. The van der Waals surface area contributed by atoms with E-state index in [1.165, 1.54) is 4.90 Å². The van der Waals surface area contributed by atoms with Crippen molar-refractivity contribution < 1.29 is 19.4 Å². The van der Waals surface area contributed by atoms with Crippen LogP contribution in [0.3, 0.4) is 0 Å². The summed E-state index contributed by atoms with van der Waals surface area (Å²) in [5.41, 5.74) is 1.63. The number of carbonyl (C=O) groups excluding carboxylic acids is 2. The molecular formula is C23H32ClN3O4. The monoisotopic (exact) mass is 449 g/mol.